The topological polar surface area (TPSA) is 61.6 Å². The number of nitrogens with one attached hydrogen (secondary N) is 1. The van der Waals surface area contributed by atoms with Crippen molar-refractivity contribution in [3.63, 3.8) is 0 Å². The van der Waals surface area contributed by atoms with Crippen LogP contribution in [0.2, 0.25) is 0 Å². The maximum Gasteiger partial charge on any atom is 0.240 e. The molecule has 0 atom stereocenters. The Balaban J connectivity index is 0.00000208. The zero-order valence-electron chi connectivity index (χ0n) is 15.3. The van der Waals surface area contributed by atoms with E-state index in [0.717, 1.165) is 58.5 Å². The zero-order chi connectivity index (χ0) is 16.3. The maximum absolute atomic E-state index is 11.7. The maximum atomic E-state index is 11.7. The average Bonchev–Trinajstić information content (AvgIpc) is 3.31. The van der Waals surface area contributed by atoms with Gasteiger partial charge in [0.25, 0.3) is 0 Å². The van der Waals surface area contributed by atoms with Gasteiger partial charge in [-0.2, -0.15) is 0 Å². The van der Waals surface area contributed by atoms with Gasteiger partial charge in [0.05, 0.1) is 5.54 Å². The Labute approximate surface area is 175 Å². The zero-order valence-corrected chi connectivity index (χ0v) is 17.7. The normalized spacial score (nSPS) is 18.0. The average molecular weight is 426 g/mol. The number of carbonyl (C=O) groups excluding carboxylic acids is 1. The highest BCUT2D eigenvalue weighted by molar-refractivity contribution is 5.88. The Morgan fingerprint density at radius 1 is 1.15 bits per heavy atom. The molecular weight excluding hydrogens is 395 g/mol. The SMILES string of the molecule is Cc1cccc(N2CCN(CCCNC(=O)C3(N)CC3)CC2)c1.Cl.Cl.Cl. The number of halogens is 3. The number of carbonyl (C=O) groups is 1. The van der Waals surface area contributed by atoms with Crippen LogP contribution in [0.15, 0.2) is 24.3 Å². The van der Waals surface area contributed by atoms with Crippen molar-refractivity contribution in [1.29, 1.82) is 0 Å². The molecule has 1 saturated heterocycles. The number of piperazine rings is 1. The van der Waals surface area contributed by atoms with E-state index >= 15 is 0 Å². The number of benzene rings is 1. The first kappa shape index (κ1) is 25.3. The fraction of sp³-hybridized carbons (Fsp3) is 0.611. The Kier molecular flexibility index (Phi) is 10.9. The lowest BCUT2D eigenvalue weighted by Gasteiger charge is -2.36. The minimum absolute atomic E-state index is 0. The lowest BCUT2D eigenvalue weighted by atomic mass is 10.2. The van der Waals surface area contributed by atoms with Gasteiger partial charge >= 0.3 is 0 Å². The summed E-state index contributed by atoms with van der Waals surface area (Å²) in [6.07, 6.45) is 2.66. The Hall–Kier alpha value is -0.720. The van der Waals surface area contributed by atoms with Crippen molar-refractivity contribution in [2.45, 2.75) is 31.7 Å². The summed E-state index contributed by atoms with van der Waals surface area (Å²) >= 11 is 0. The number of rotatable bonds is 6. The molecule has 1 aliphatic heterocycles. The van der Waals surface area contributed by atoms with Gasteiger partial charge in [0.2, 0.25) is 5.91 Å². The number of hydrogen-bond acceptors (Lipinski definition) is 4. The third kappa shape index (κ3) is 6.78. The van der Waals surface area contributed by atoms with E-state index in [4.69, 9.17) is 5.73 Å². The van der Waals surface area contributed by atoms with E-state index in [0.29, 0.717) is 0 Å². The van der Waals surface area contributed by atoms with Crippen molar-refractivity contribution in [2.75, 3.05) is 44.2 Å². The summed E-state index contributed by atoms with van der Waals surface area (Å²) in [5, 5.41) is 2.96. The van der Waals surface area contributed by atoms with E-state index in [1.807, 2.05) is 0 Å². The van der Waals surface area contributed by atoms with Gasteiger partial charge in [-0.15, -0.1) is 37.2 Å². The molecule has 3 rings (SSSR count). The van der Waals surface area contributed by atoms with Crippen LogP contribution in [0.5, 0.6) is 0 Å². The molecule has 3 N–H and O–H groups in total. The fourth-order valence-electron chi connectivity index (χ4n) is 3.10. The number of amides is 1. The molecule has 1 aliphatic carbocycles. The van der Waals surface area contributed by atoms with Crippen molar-refractivity contribution in [3.05, 3.63) is 29.8 Å². The van der Waals surface area contributed by atoms with Crippen LogP contribution in [-0.4, -0.2) is 55.6 Å². The van der Waals surface area contributed by atoms with Crippen molar-refractivity contribution in [2.24, 2.45) is 5.73 Å². The molecular formula is C18H31Cl3N4O. The van der Waals surface area contributed by atoms with Crippen molar-refractivity contribution in [1.82, 2.24) is 10.2 Å². The molecule has 2 fully saturated rings. The summed E-state index contributed by atoms with van der Waals surface area (Å²) in [4.78, 5) is 16.7. The molecule has 8 heteroatoms. The van der Waals surface area contributed by atoms with Crippen molar-refractivity contribution < 1.29 is 4.79 Å². The predicted octanol–water partition coefficient (Wildman–Crippen LogP) is 2.38. The van der Waals surface area contributed by atoms with Gasteiger partial charge in [-0.3, -0.25) is 9.69 Å². The lowest BCUT2D eigenvalue weighted by Crippen LogP contribution is -2.47. The van der Waals surface area contributed by atoms with E-state index in [1.165, 1.54) is 11.3 Å². The summed E-state index contributed by atoms with van der Waals surface area (Å²) < 4.78 is 0. The van der Waals surface area contributed by atoms with E-state index < -0.39 is 5.54 Å². The van der Waals surface area contributed by atoms with Crippen LogP contribution in [0.1, 0.15) is 24.8 Å². The van der Waals surface area contributed by atoms with Gasteiger partial charge in [-0.05, 0) is 50.4 Å². The first-order valence-electron chi connectivity index (χ1n) is 8.68. The van der Waals surface area contributed by atoms with E-state index in [-0.39, 0.29) is 43.1 Å². The van der Waals surface area contributed by atoms with E-state index in [9.17, 15) is 4.79 Å². The number of aryl methyl sites for hydroxylation is 1. The number of anilines is 1. The Morgan fingerprint density at radius 2 is 1.81 bits per heavy atom. The van der Waals surface area contributed by atoms with E-state index in [1.54, 1.807) is 0 Å². The quantitative estimate of drug-likeness (QED) is 0.687. The second-order valence-corrected chi connectivity index (χ2v) is 6.93. The molecule has 1 saturated carbocycles. The second kappa shape index (κ2) is 11.2. The van der Waals surface area contributed by atoms with Crippen LogP contribution in [0.25, 0.3) is 0 Å². The molecule has 2 aliphatic rings. The number of nitrogens with two attached hydrogens (primary N) is 1. The second-order valence-electron chi connectivity index (χ2n) is 6.93. The first-order valence-corrected chi connectivity index (χ1v) is 8.68. The molecule has 0 aromatic heterocycles. The van der Waals surface area contributed by atoms with Gasteiger partial charge in [0.15, 0.2) is 0 Å². The summed E-state index contributed by atoms with van der Waals surface area (Å²) in [5.41, 5.74) is 7.97. The minimum atomic E-state index is -0.542. The van der Waals surface area contributed by atoms with Crippen molar-refractivity contribution >= 4 is 48.8 Å². The number of nitrogens with zero attached hydrogens (tertiary/aromatic N) is 2. The largest absolute Gasteiger partial charge is 0.369 e. The van der Waals surface area contributed by atoms with Crippen molar-refractivity contribution in [3.8, 4) is 0 Å². The molecule has 0 spiro atoms. The third-order valence-corrected chi connectivity index (χ3v) is 4.92. The highest BCUT2D eigenvalue weighted by atomic mass is 35.5. The van der Waals surface area contributed by atoms with Gasteiger partial charge in [0, 0.05) is 38.4 Å². The Morgan fingerprint density at radius 3 is 2.38 bits per heavy atom. The highest BCUT2D eigenvalue weighted by Crippen LogP contribution is 2.31. The van der Waals surface area contributed by atoms with Crippen LogP contribution in [0, 0.1) is 6.92 Å². The molecule has 1 amide bonds. The predicted molar refractivity (Wildman–Crippen MR) is 115 cm³/mol. The molecule has 26 heavy (non-hydrogen) atoms. The van der Waals surface area contributed by atoms with Gasteiger partial charge in [-0.25, -0.2) is 0 Å². The molecule has 150 valence electrons. The van der Waals surface area contributed by atoms with Crippen LogP contribution in [-0.2, 0) is 4.79 Å². The smallest absolute Gasteiger partial charge is 0.240 e. The monoisotopic (exact) mass is 424 g/mol. The van der Waals surface area contributed by atoms with Gasteiger partial charge in [0.1, 0.15) is 0 Å². The van der Waals surface area contributed by atoms with Crippen LogP contribution in [0.4, 0.5) is 5.69 Å². The molecule has 1 aromatic rings. The summed E-state index contributed by atoms with van der Waals surface area (Å²) in [5.74, 6) is 0.0294. The number of hydrogen-bond donors (Lipinski definition) is 2. The molecule has 5 nitrogen and oxygen atoms in total. The highest BCUT2D eigenvalue weighted by Gasteiger charge is 2.45. The lowest BCUT2D eigenvalue weighted by molar-refractivity contribution is -0.123. The summed E-state index contributed by atoms with van der Waals surface area (Å²) in [6, 6.07) is 8.72. The van der Waals surface area contributed by atoms with Crippen LogP contribution < -0.4 is 16.0 Å². The Bertz CT molecular complexity index is 561. The first-order chi connectivity index (χ1) is 11.1. The van der Waals surface area contributed by atoms with E-state index in [2.05, 4.69) is 46.3 Å². The fourth-order valence-corrected chi connectivity index (χ4v) is 3.10. The molecule has 0 radical (unpaired) electrons. The summed E-state index contributed by atoms with van der Waals surface area (Å²) in [6.45, 7) is 8.23. The minimum Gasteiger partial charge on any atom is -0.369 e. The molecule has 0 unspecified atom stereocenters. The van der Waals surface area contributed by atoms with Gasteiger partial charge in [-0.1, -0.05) is 12.1 Å². The molecule has 1 aromatic carbocycles. The summed E-state index contributed by atoms with van der Waals surface area (Å²) in [7, 11) is 0. The van der Waals surface area contributed by atoms with Gasteiger partial charge < -0.3 is 16.0 Å². The molecule has 0 bridgehead atoms. The standard InChI is InChI=1S/C18H28N4O.3ClH/c1-15-4-2-5-16(14-15)22-12-10-21(11-13-22)9-3-8-20-17(23)18(19)6-7-18;;;/h2,4-5,14H,3,6-13,19H2,1H3,(H,20,23);3*1H. The van der Waals surface area contributed by atoms with Crippen LogP contribution >= 0.6 is 37.2 Å². The third-order valence-electron chi connectivity index (χ3n) is 4.92. The molecule has 1 heterocycles. The van der Waals surface area contributed by atoms with Crippen LogP contribution in [0.3, 0.4) is 0 Å².